The van der Waals surface area contributed by atoms with Crippen molar-refractivity contribution in [2.75, 3.05) is 30.4 Å². The van der Waals surface area contributed by atoms with Gasteiger partial charge >= 0.3 is 0 Å². The highest BCUT2D eigenvalue weighted by atomic mass is 35.5. The number of hydrogen-bond acceptors (Lipinski definition) is 4. The maximum atomic E-state index is 12.0. The van der Waals surface area contributed by atoms with Gasteiger partial charge in [-0.2, -0.15) is 0 Å². The fourth-order valence-corrected chi connectivity index (χ4v) is 3.12. The number of nitrogens with one attached hydrogen (secondary N) is 2. The van der Waals surface area contributed by atoms with Crippen molar-refractivity contribution in [3.05, 3.63) is 89.3 Å². The molecule has 1 aliphatic rings. The summed E-state index contributed by atoms with van der Waals surface area (Å²) in [4.78, 5) is 8.88. The molecular weight excluding hydrogens is 459 g/mol. The molecule has 2 aromatic heterocycles. The van der Waals surface area contributed by atoms with Crippen LogP contribution in [0, 0.1) is 0 Å². The van der Waals surface area contributed by atoms with Crippen LogP contribution in [-0.2, 0) is 6.42 Å². The van der Waals surface area contributed by atoms with Gasteiger partial charge in [-0.05, 0) is 47.8 Å². The molecule has 0 aliphatic carbocycles. The first-order chi connectivity index (χ1) is 17.2. The van der Waals surface area contributed by atoms with Crippen LogP contribution in [0.5, 0.6) is 0 Å². The first-order valence-electron chi connectivity index (χ1n) is 12.5. The molecule has 0 radical (unpaired) electrons. The molecule has 0 fully saturated rings. The van der Waals surface area contributed by atoms with E-state index in [4.69, 9.17) is 11.6 Å². The van der Waals surface area contributed by atoms with Crippen LogP contribution in [0.4, 0.5) is 16.0 Å². The van der Waals surface area contributed by atoms with Crippen molar-refractivity contribution < 1.29 is 4.39 Å². The zero-order chi connectivity index (χ0) is 26.5. The number of pyridine rings is 2. The van der Waals surface area contributed by atoms with Crippen LogP contribution < -0.4 is 10.6 Å². The van der Waals surface area contributed by atoms with Crippen molar-refractivity contribution in [1.29, 1.82) is 0 Å². The Balaban J connectivity index is 0.00000179. The standard InChI is InChI=1S/C23H24ClFN4.3C2H6/c1-17(21(24)7-3-2-4-11-25)15-28-22-9-8-18(16-29-22)14-19-10-13-27-23-20(19)6-5-12-26-23;3*1-2/h2,4-10,12,16H,1,3,11,13-15H2,(H,26,27)(H,28,29);3*1-2H3/b4-2-,21-7+;;;. The second-order valence-corrected chi connectivity index (χ2v) is 7.02. The summed E-state index contributed by atoms with van der Waals surface area (Å²) in [7, 11) is 0. The summed E-state index contributed by atoms with van der Waals surface area (Å²) < 4.78 is 12.0. The molecule has 0 saturated heterocycles. The van der Waals surface area contributed by atoms with E-state index in [1.807, 2.05) is 65.9 Å². The molecule has 2 aromatic rings. The number of anilines is 2. The number of hydrogen-bond donors (Lipinski definition) is 2. The Hall–Kier alpha value is -2.92. The second-order valence-electron chi connectivity index (χ2n) is 6.61. The molecule has 2 N–H and O–H groups in total. The zero-order valence-electron chi connectivity index (χ0n) is 22.2. The van der Waals surface area contributed by atoms with Gasteiger partial charge in [0.25, 0.3) is 0 Å². The van der Waals surface area contributed by atoms with Gasteiger partial charge in [0.15, 0.2) is 0 Å². The number of nitrogens with zero attached hydrogens (tertiary/aromatic N) is 2. The van der Waals surface area contributed by atoms with E-state index in [0.717, 1.165) is 41.3 Å². The van der Waals surface area contributed by atoms with Crippen LogP contribution in [0.15, 0.2) is 78.1 Å². The summed E-state index contributed by atoms with van der Waals surface area (Å²) in [6.07, 6.45) is 12.3. The van der Waals surface area contributed by atoms with Gasteiger partial charge in [-0.15, -0.1) is 0 Å². The van der Waals surface area contributed by atoms with E-state index in [1.165, 1.54) is 11.6 Å². The molecule has 0 atom stereocenters. The van der Waals surface area contributed by atoms with Gasteiger partial charge in [0.05, 0.1) is 0 Å². The van der Waals surface area contributed by atoms with E-state index in [0.29, 0.717) is 18.0 Å². The third kappa shape index (κ3) is 11.9. The van der Waals surface area contributed by atoms with Gasteiger partial charge in [-0.25, -0.2) is 14.4 Å². The fourth-order valence-electron chi connectivity index (χ4n) is 2.96. The molecule has 0 saturated carbocycles. The highest BCUT2D eigenvalue weighted by molar-refractivity contribution is 6.32. The minimum absolute atomic E-state index is 0.465. The minimum Gasteiger partial charge on any atom is -0.366 e. The summed E-state index contributed by atoms with van der Waals surface area (Å²) in [6, 6.07) is 8.06. The first-order valence-corrected chi connectivity index (χ1v) is 12.9. The van der Waals surface area contributed by atoms with Gasteiger partial charge in [-0.1, -0.05) is 90.1 Å². The lowest BCUT2D eigenvalue weighted by atomic mass is 9.97. The summed E-state index contributed by atoms with van der Waals surface area (Å²) in [5, 5.41) is 7.08. The topological polar surface area (TPSA) is 49.8 Å². The molecule has 0 aromatic carbocycles. The predicted octanol–water partition coefficient (Wildman–Crippen LogP) is 8.61. The summed E-state index contributed by atoms with van der Waals surface area (Å²) >= 11 is 6.21. The lowest BCUT2D eigenvalue weighted by Gasteiger charge is -2.18. The maximum Gasteiger partial charge on any atom is 0.133 e. The lowest BCUT2D eigenvalue weighted by Crippen LogP contribution is -2.11. The number of aromatic nitrogens is 2. The van der Waals surface area contributed by atoms with E-state index in [-0.39, 0.29) is 0 Å². The van der Waals surface area contributed by atoms with Crippen LogP contribution in [0.1, 0.15) is 59.1 Å². The largest absolute Gasteiger partial charge is 0.366 e. The number of allylic oxidation sites excluding steroid dienone is 4. The maximum absolute atomic E-state index is 12.0. The molecule has 1 aliphatic heterocycles. The van der Waals surface area contributed by atoms with Crippen molar-refractivity contribution in [2.24, 2.45) is 0 Å². The Morgan fingerprint density at radius 3 is 2.51 bits per heavy atom. The van der Waals surface area contributed by atoms with Crippen LogP contribution in [0.2, 0.25) is 0 Å². The van der Waals surface area contributed by atoms with Crippen LogP contribution in [-0.4, -0.2) is 29.7 Å². The van der Waals surface area contributed by atoms with Gasteiger partial charge in [0.2, 0.25) is 0 Å². The van der Waals surface area contributed by atoms with Crippen molar-refractivity contribution in [3.63, 3.8) is 0 Å². The molecule has 3 heterocycles. The van der Waals surface area contributed by atoms with E-state index >= 15 is 0 Å². The highest BCUT2D eigenvalue weighted by Crippen LogP contribution is 2.28. The Bertz CT molecular complexity index is 934. The van der Waals surface area contributed by atoms with Crippen molar-refractivity contribution in [1.82, 2.24) is 9.97 Å². The minimum atomic E-state index is -0.465. The molecule has 3 rings (SSSR count). The molecule has 0 bridgehead atoms. The van der Waals surface area contributed by atoms with Crippen LogP contribution in [0.3, 0.4) is 0 Å². The van der Waals surface area contributed by atoms with Crippen LogP contribution in [0.25, 0.3) is 5.57 Å². The van der Waals surface area contributed by atoms with E-state index in [2.05, 4.69) is 45.4 Å². The summed E-state index contributed by atoms with van der Waals surface area (Å²) in [6.45, 7) is 16.8. The number of halogens is 2. The van der Waals surface area contributed by atoms with Gasteiger partial charge < -0.3 is 10.6 Å². The lowest BCUT2D eigenvalue weighted by molar-refractivity contribution is 0.561. The molecular formula is C29H42ClFN4. The SMILES string of the molecule is C=C(CNc1ccc(CC2=CCNc3ncccc32)cn1)/C(Cl)=C\C/C=C\CF.CC.CC.CC. The Morgan fingerprint density at radius 2 is 1.86 bits per heavy atom. The average molecular weight is 501 g/mol. The second kappa shape index (κ2) is 20.5. The Kier molecular flexibility index (Phi) is 18.7. The van der Waals surface area contributed by atoms with E-state index < -0.39 is 6.67 Å². The molecule has 0 spiro atoms. The van der Waals surface area contributed by atoms with Gasteiger partial charge in [0.1, 0.15) is 18.3 Å². The van der Waals surface area contributed by atoms with Gasteiger partial charge in [0, 0.05) is 36.1 Å². The third-order valence-electron chi connectivity index (χ3n) is 4.50. The van der Waals surface area contributed by atoms with Crippen molar-refractivity contribution in [3.8, 4) is 0 Å². The molecule has 4 nitrogen and oxygen atoms in total. The normalized spacial score (nSPS) is 11.8. The third-order valence-corrected chi connectivity index (χ3v) is 4.92. The molecule has 6 heteroatoms. The molecule has 35 heavy (non-hydrogen) atoms. The zero-order valence-corrected chi connectivity index (χ0v) is 22.9. The van der Waals surface area contributed by atoms with Gasteiger partial charge in [-0.3, -0.25) is 0 Å². The molecule has 192 valence electrons. The van der Waals surface area contributed by atoms with Crippen LogP contribution >= 0.6 is 11.6 Å². The molecule has 0 amide bonds. The monoisotopic (exact) mass is 500 g/mol. The number of fused-ring (bicyclic) bond motifs is 1. The molecule has 0 unspecified atom stereocenters. The quantitative estimate of drug-likeness (QED) is 0.267. The fraction of sp³-hybridized carbons (Fsp3) is 0.379. The number of alkyl halides is 1. The number of rotatable bonds is 9. The van der Waals surface area contributed by atoms with E-state index in [1.54, 1.807) is 12.3 Å². The van der Waals surface area contributed by atoms with E-state index in [9.17, 15) is 4.39 Å². The van der Waals surface area contributed by atoms with Crippen molar-refractivity contribution in [2.45, 2.75) is 54.4 Å². The smallest absolute Gasteiger partial charge is 0.133 e. The van der Waals surface area contributed by atoms with Crippen molar-refractivity contribution >= 4 is 28.8 Å². The predicted molar refractivity (Wildman–Crippen MR) is 154 cm³/mol. The summed E-state index contributed by atoms with van der Waals surface area (Å²) in [5.41, 5.74) is 4.28. The summed E-state index contributed by atoms with van der Waals surface area (Å²) in [5.74, 6) is 1.69. The first kappa shape index (κ1) is 32.1. The average Bonchev–Trinajstić information content (AvgIpc) is 2.94. The Morgan fingerprint density at radius 1 is 1.11 bits per heavy atom. The Labute approximate surface area is 217 Å². The highest BCUT2D eigenvalue weighted by Gasteiger charge is 2.13.